The average Bonchev–Trinajstić information content (AvgIpc) is 2.95. The highest BCUT2D eigenvalue weighted by molar-refractivity contribution is 7.10. The van der Waals surface area contributed by atoms with Crippen molar-refractivity contribution in [3.63, 3.8) is 0 Å². The lowest BCUT2D eigenvalue weighted by molar-refractivity contribution is 0.546. The average molecular weight is 282 g/mol. The van der Waals surface area contributed by atoms with Gasteiger partial charge in [0.05, 0.1) is 22.3 Å². The molecule has 0 saturated carbocycles. The quantitative estimate of drug-likeness (QED) is 0.668. The lowest BCUT2D eigenvalue weighted by Gasteiger charge is -2.15. The van der Waals surface area contributed by atoms with Crippen molar-refractivity contribution in [3.05, 3.63) is 32.7 Å². The third kappa shape index (κ3) is 3.14. The molecule has 0 spiro atoms. The van der Waals surface area contributed by atoms with Crippen molar-refractivity contribution in [1.29, 1.82) is 0 Å². The molecule has 18 heavy (non-hydrogen) atoms. The molecular weight excluding hydrogens is 264 g/mol. The molecule has 1 unspecified atom stereocenters. The Labute approximate surface area is 115 Å². The number of nitrogens with zero attached hydrogens (tertiary/aromatic N) is 2. The van der Waals surface area contributed by atoms with Gasteiger partial charge in [0.1, 0.15) is 0 Å². The highest BCUT2D eigenvalue weighted by Gasteiger charge is 2.19. The first-order valence-electron chi connectivity index (χ1n) is 5.80. The molecule has 4 nitrogen and oxygen atoms in total. The molecule has 0 aliphatic rings. The monoisotopic (exact) mass is 282 g/mol. The molecule has 6 heteroatoms. The van der Waals surface area contributed by atoms with Crippen LogP contribution < -0.4 is 11.3 Å². The molecule has 2 aromatic heterocycles. The summed E-state index contributed by atoms with van der Waals surface area (Å²) in [6.07, 6.45) is 2.66. The summed E-state index contributed by atoms with van der Waals surface area (Å²) in [6.45, 7) is 6.52. The SMILES string of the molecule is CC(C)(C)c1csc(CC(NN)c2cncs2)n1. The van der Waals surface area contributed by atoms with Gasteiger partial charge in [0, 0.05) is 28.3 Å². The lowest BCUT2D eigenvalue weighted by atomic mass is 9.93. The fraction of sp³-hybridized carbons (Fsp3) is 0.500. The second-order valence-corrected chi connectivity index (χ2v) is 7.06. The lowest BCUT2D eigenvalue weighted by Crippen LogP contribution is -2.29. The molecule has 3 N–H and O–H groups in total. The van der Waals surface area contributed by atoms with Gasteiger partial charge < -0.3 is 0 Å². The van der Waals surface area contributed by atoms with E-state index in [1.54, 1.807) is 22.7 Å². The van der Waals surface area contributed by atoms with Crippen molar-refractivity contribution in [2.45, 2.75) is 38.6 Å². The Morgan fingerprint density at radius 1 is 1.39 bits per heavy atom. The number of nitrogens with one attached hydrogen (secondary N) is 1. The molecule has 0 radical (unpaired) electrons. The summed E-state index contributed by atoms with van der Waals surface area (Å²) in [6, 6.07) is 0.0940. The van der Waals surface area contributed by atoms with E-state index in [1.165, 1.54) is 0 Å². The van der Waals surface area contributed by atoms with E-state index in [-0.39, 0.29) is 11.5 Å². The standard InChI is InChI=1S/C12H18N4S2/c1-12(2,3)10-6-17-11(15-10)4-8(16-13)9-5-14-7-18-9/h5-8,16H,4,13H2,1-3H3. The van der Waals surface area contributed by atoms with Crippen LogP contribution in [0.25, 0.3) is 0 Å². The highest BCUT2D eigenvalue weighted by Crippen LogP contribution is 2.27. The Morgan fingerprint density at radius 3 is 2.67 bits per heavy atom. The number of hydrogen-bond acceptors (Lipinski definition) is 6. The van der Waals surface area contributed by atoms with E-state index in [1.807, 2.05) is 11.7 Å². The van der Waals surface area contributed by atoms with Crippen LogP contribution in [0.2, 0.25) is 0 Å². The Kier molecular flexibility index (Phi) is 4.11. The van der Waals surface area contributed by atoms with Gasteiger partial charge in [0.25, 0.3) is 0 Å². The molecule has 1 atom stereocenters. The minimum Gasteiger partial charge on any atom is -0.271 e. The van der Waals surface area contributed by atoms with Crippen molar-refractivity contribution in [3.8, 4) is 0 Å². The molecule has 0 saturated heterocycles. The molecule has 0 amide bonds. The molecular formula is C12H18N4S2. The van der Waals surface area contributed by atoms with E-state index >= 15 is 0 Å². The topological polar surface area (TPSA) is 63.8 Å². The molecule has 2 aromatic rings. The first-order chi connectivity index (χ1) is 8.50. The van der Waals surface area contributed by atoms with E-state index in [0.717, 1.165) is 22.0 Å². The Morgan fingerprint density at radius 2 is 2.17 bits per heavy atom. The predicted octanol–water partition coefficient (Wildman–Crippen LogP) is 2.64. The third-order valence-corrected chi connectivity index (χ3v) is 4.46. The summed E-state index contributed by atoms with van der Waals surface area (Å²) < 4.78 is 0. The van der Waals surface area contributed by atoms with E-state index in [2.05, 4.69) is 41.5 Å². The summed E-state index contributed by atoms with van der Waals surface area (Å²) in [4.78, 5) is 9.91. The Bertz CT molecular complexity index is 484. The van der Waals surface area contributed by atoms with Gasteiger partial charge in [-0.25, -0.2) is 4.98 Å². The van der Waals surface area contributed by atoms with Crippen LogP contribution in [-0.2, 0) is 11.8 Å². The first kappa shape index (κ1) is 13.6. The molecule has 2 rings (SSSR count). The second-order valence-electron chi connectivity index (χ2n) is 5.20. The van der Waals surface area contributed by atoms with Gasteiger partial charge in [0.2, 0.25) is 0 Å². The number of thiazole rings is 2. The maximum atomic E-state index is 5.61. The maximum Gasteiger partial charge on any atom is 0.0948 e. The summed E-state index contributed by atoms with van der Waals surface area (Å²) in [7, 11) is 0. The van der Waals surface area contributed by atoms with Crippen LogP contribution >= 0.6 is 22.7 Å². The van der Waals surface area contributed by atoms with Crippen molar-refractivity contribution in [1.82, 2.24) is 15.4 Å². The van der Waals surface area contributed by atoms with Crippen LogP contribution in [0.5, 0.6) is 0 Å². The second kappa shape index (κ2) is 5.44. The predicted molar refractivity (Wildman–Crippen MR) is 76.7 cm³/mol. The number of rotatable bonds is 4. The molecule has 0 fully saturated rings. The summed E-state index contributed by atoms with van der Waals surface area (Å²) in [5.41, 5.74) is 5.90. The summed E-state index contributed by atoms with van der Waals surface area (Å²) in [5.74, 6) is 5.61. The van der Waals surface area contributed by atoms with Crippen molar-refractivity contribution in [2.75, 3.05) is 0 Å². The molecule has 0 aliphatic heterocycles. The van der Waals surface area contributed by atoms with Gasteiger partial charge in [-0.05, 0) is 0 Å². The normalized spacial score (nSPS) is 13.8. The van der Waals surface area contributed by atoms with Gasteiger partial charge >= 0.3 is 0 Å². The van der Waals surface area contributed by atoms with Gasteiger partial charge in [0.15, 0.2) is 0 Å². The molecule has 98 valence electrons. The van der Waals surface area contributed by atoms with Gasteiger partial charge in [-0.1, -0.05) is 20.8 Å². The van der Waals surface area contributed by atoms with Crippen molar-refractivity contribution in [2.24, 2.45) is 5.84 Å². The maximum absolute atomic E-state index is 5.61. The third-order valence-electron chi connectivity index (χ3n) is 2.69. The number of hydrazine groups is 1. The number of aromatic nitrogens is 2. The smallest absolute Gasteiger partial charge is 0.0948 e. The zero-order valence-corrected chi connectivity index (χ0v) is 12.4. The van der Waals surface area contributed by atoms with E-state index in [0.29, 0.717) is 0 Å². The van der Waals surface area contributed by atoms with Crippen LogP contribution in [-0.4, -0.2) is 9.97 Å². The van der Waals surface area contributed by atoms with Crippen LogP contribution in [0, 0.1) is 0 Å². The van der Waals surface area contributed by atoms with Gasteiger partial charge in [-0.3, -0.25) is 16.3 Å². The Hall–Kier alpha value is -0.820. The highest BCUT2D eigenvalue weighted by atomic mass is 32.1. The van der Waals surface area contributed by atoms with Crippen LogP contribution in [0.15, 0.2) is 17.1 Å². The largest absolute Gasteiger partial charge is 0.271 e. The van der Waals surface area contributed by atoms with Crippen LogP contribution in [0.3, 0.4) is 0 Å². The molecule has 0 aliphatic carbocycles. The number of hydrogen-bond donors (Lipinski definition) is 2. The number of nitrogens with two attached hydrogens (primary N) is 1. The van der Waals surface area contributed by atoms with Crippen molar-refractivity contribution >= 4 is 22.7 Å². The zero-order chi connectivity index (χ0) is 13.2. The molecule has 0 bridgehead atoms. The van der Waals surface area contributed by atoms with Gasteiger partial charge in [-0.15, -0.1) is 22.7 Å². The van der Waals surface area contributed by atoms with E-state index in [4.69, 9.17) is 5.84 Å². The fourth-order valence-electron chi connectivity index (χ4n) is 1.56. The molecule has 2 heterocycles. The Balaban J connectivity index is 2.11. The van der Waals surface area contributed by atoms with E-state index in [9.17, 15) is 0 Å². The van der Waals surface area contributed by atoms with Crippen molar-refractivity contribution < 1.29 is 0 Å². The van der Waals surface area contributed by atoms with E-state index < -0.39 is 0 Å². The summed E-state index contributed by atoms with van der Waals surface area (Å²) in [5, 5.41) is 3.24. The molecule has 0 aromatic carbocycles. The van der Waals surface area contributed by atoms with Crippen LogP contribution in [0.4, 0.5) is 0 Å². The zero-order valence-electron chi connectivity index (χ0n) is 10.8. The van der Waals surface area contributed by atoms with Crippen LogP contribution in [0.1, 0.15) is 42.4 Å². The fourth-order valence-corrected chi connectivity index (χ4v) is 3.31. The first-order valence-corrected chi connectivity index (χ1v) is 7.56. The minimum absolute atomic E-state index is 0.0940. The summed E-state index contributed by atoms with van der Waals surface area (Å²) >= 11 is 3.31. The minimum atomic E-state index is 0.0940. The van der Waals surface area contributed by atoms with Gasteiger partial charge in [-0.2, -0.15) is 0 Å².